The Morgan fingerprint density at radius 3 is 2.65 bits per heavy atom. The van der Waals surface area contributed by atoms with Crippen molar-refractivity contribution in [3.63, 3.8) is 0 Å². The zero-order chi connectivity index (χ0) is 18.2. The van der Waals surface area contributed by atoms with Crippen LogP contribution in [0.25, 0.3) is 0 Å². The summed E-state index contributed by atoms with van der Waals surface area (Å²) in [6.45, 7) is 2.56. The smallest absolute Gasteiger partial charge is 0.231 e. The minimum atomic E-state index is -0.626. The summed E-state index contributed by atoms with van der Waals surface area (Å²) in [6, 6.07) is 15.7. The van der Waals surface area contributed by atoms with Crippen LogP contribution in [0, 0.1) is 0 Å². The Labute approximate surface area is 153 Å². The molecule has 0 bridgehead atoms. The number of aliphatic hydroxyl groups excluding tert-OH is 2. The topological polar surface area (TPSA) is 71.4 Å². The van der Waals surface area contributed by atoms with Crippen molar-refractivity contribution in [3.8, 4) is 11.5 Å². The van der Waals surface area contributed by atoms with Crippen LogP contribution in [0.4, 0.5) is 0 Å². The van der Waals surface area contributed by atoms with E-state index < -0.39 is 6.10 Å². The Bertz CT molecular complexity index is 679. The van der Waals surface area contributed by atoms with Crippen molar-refractivity contribution in [3.05, 3.63) is 59.7 Å². The number of rotatable bonds is 10. The molecule has 1 heterocycles. The molecule has 0 saturated carbocycles. The summed E-state index contributed by atoms with van der Waals surface area (Å²) in [6.07, 6.45) is -0.626. The molecule has 0 radical (unpaired) electrons. The van der Waals surface area contributed by atoms with E-state index in [9.17, 15) is 10.2 Å². The highest BCUT2D eigenvalue weighted by Crippen LogP contribution is 2.32. The molecule has 0 aliphatic carbocycles. The lowest BCUT2D eigenvalue weighted by molar-refractivity contribution is 0.00616. The van der Waals surface area contributed by atoms with Crippen LogP contribution in [-0.4, -0.2) is 54.3 Å². The second kappa shape index (κ2) is 9.54. The zero-order valence-corrected chi connectivity index (χ0v) is 14.7. The number of aliphatic hydroxyl groups is 2. The minimum Gasteiger partial charge on any atom is -0.454 e. The summed E-state index contributed by atoms with van der Waals surface area (Å²) in [5, 5.41) is 19.5. The van der Waals surface area contributed by atoms with Gasteiger partial charge in [0, 0.05) is 19.6 Å². The Morgan fingerprint density at radius 2 is 1.85 bits per heavy atom. The number of nitrogens with zero attached hydrogens (tertiary/aromatic N) is 1. The Balaban J connectivity index is 1.43. The van der Waals surface area contributed by atoms with Crippen molar-refractivity contribution in [2.75, 3.05) is 33.1 Å². The number of fused-ring (bicyclic) bond motifs is 1. The molecule has 2 aromatic carbocycles. The fraction of sp³-hybridized carbons (Fsp3) is 0.400. The third-order valence-electron chi connectivity index (χ3n) is 4.15. The van der Waals surface area contributed by atoms with Crippen LogP contribution >= 0.6 is 0 Å². The highest BCUT2D eigenvalue weighted by molar-refractivity contribution is 5.44. The van der Waals surface area contributed by atoms with Crippen molar-refractivity contribution in [2.45, 2.75) is 19.3 Å². The van der Waals surface area contributed by atoms with Crippen LogP contribution < -0.4 is 9.47 Å². The van der Waals surface area contributed by atoms with Gasteiger partial charge in [0.2, 0.25) is 6.79 Å². The lowest BCUT2D eigenvalue weighted by Gasteiger charge is -2.24. The van der Waals surface area contributed by atoms with E-state index in [4.69, 9.17) is 14.2 Å². The van der Waals surface area contributed by atoms with Crippen LogP contribution in [0.1, 0.15) is 11.1 Å². The standard InChI is InChI=1S/C20H25NO5/c22-9-8-21(11-16-4-2-1-3-5-16)12-18(23)14-24-13-17-6-7-19-20(10-17)26-15-25-19/h1-7,10,18,22-23H,8-9,11-15H2/t18-/m1/s1. The number of hydrogen-bond donors (Lipinski definition) is 2. The van der Waals surface area contributed by atoms with Crippen molar-refractivity contribution >= 4 is 0 Å². The predicted octanol–water partition coefficient (Wildman–Crippen LogP) is 1.79. The summed E-state index contributed by atoms with van der Waals surface area (Å²) >= 11 is 0. The third kappa shape index (κ3) is 5.44. The van der Waals surface area contributed by atoms with Gasteiger partial charge in [-0.25, -0.2) is 0 Å². The molecule has 0 amide bonds. The number of hydrogen-bond acceptors (Lipinski definition) is 6. The van der Waals surface area contributed by atoms with Crippen LogP contribution in [0.15, 0.2) is 48.5 Å². The largest absolute Gasteiger partial charge is 0.454 e. The van der Waals surface area contributed by atoms with E-state index >= 15 is 0 Å². The average molecular weight is 359 g/mol. The fourth-order valence-corrected chi connectivity index (χ4v) is 2.91. The highest BCUT2D eigenvalue weighted by Gasteiger charge is 2.15. The van der Waals surface area contributed by atoms with Crippen molar-refractivity contribution in [2.24, 2.45) is 0 Å². The Kier molecular flexibility index (Phi) is 6.85. The van der Waals surface area contributed by atoms with Gasteiger partial charge in [-0.2, -0.15) is 0 Å². The van der Waals surface area contributed by atoms with Gasteiger partial charge in [-0.05, 0) is 23.3 Å². The van der Waals surface area contributed by atoms with Crippen molar-refractivity contribution < 1.29 is 24.4 Å². The van der Waals surface area contributed by atoms with E-state index in [-0.39, 0.29) is 20.0 Å². The molecule has 0 saturated heterocycles. The van der Waals surface area contributed by atoms with Gasteiger partial charge in [-0.3, -0.25) is 4.90 Å². The van der Waals surface area contributed by atoms with E-state index in [2.05, 4.69) is 0 Å². The molecule has 0 fully saturated rings. The van der Waals surface area contributed by atoms with Gasteiger partial charge in [-0.15, -0.1) is 0 Å². The Hall–Kier alpha value is -2.12. The summed E-state index contributed by atoms with van der Waals surface area (Å²) in [4.78, 5) is 2.02. The zero-order valence-electron chi connectivity index (χ0n) is 14.7. The van der Waals surface area contributed by atoms with Crippen LogP contribution in [0.2, 0.25) is 0 Å². The molecule has 26 heavy (non-hydrogen) atoms. The SMILES string of the molecule is OCCN(Cc1ccccc1)C[C@@H](O)COCc1ccc2c(c1)OCO2. The monoisotopic (exact) mass is 359 g/mol. The molecule has 2 aromatic rings. The van der Waals surface area contributed by atoms with Gasteiger partial charge in [0.1, 0.15) is 0 Å². The molecule has 1 atom stereocenters. The van der Waals surface area contributed by atoms with E-state index in [1.807, 2.05) is 53.4 Å². The van der Waals surface area contributed by atoms with Crippen molar-refractivity contribution in [1.29, 1.82) is 0 Å². The summed E-state index contributed by atoms with van der Waals surface area (Å²) in [5.41, 5.74) is 2.12. The molecule has 0 unspecified atom stereocenters. The predicted molar refractivity (Wildman–Crippen MR) is 97.0 cm³/mol. The second-order valence-electron chi connectivity index (χ2n) is 6.30. The first-order valence-electron chi connectivity index (χ1n) is 8.76. The van der Waals surface area contributed by atoms with Crippen LogP contribution in [0.5, 0.6) is 11.5 Å². The van der Waals surface area contributed by atoms with Gasteiger partial charge in [-0.1, -0.05) is 36.4 Å². The minimum absolute atomic E-state index is 0.0532. The first-order chi connectivity index (χ1) is 12.7. The molecular weight excluding hydrogens is 334 g/mol. The summed E-state index contributed by atoms with van der Waals surface area (Å²) in [5.74, 6) is 1.47. The Morgan fingerprint density at radius 1 is 1.04 bits per heavy atom. The van der Waals surface area contributed by atoms with Gasteiger partial charge >= 0.3 is 0 Å². The molecular formula is C20H25NO5. The van der Waals surface area contributed by atoms with Crippen LogP contribution in [0.3, 0.4) is 0 Å². The molecule has 1 aliphatic heterocycles. The number of benzene rings is 2. The molecule has 2 N–H and O–H groups in total. The summed E-state index contributed by atoms with van der Waals surface area (Å²) in [7, 11) is 0. The quantitative estimate of drug-likeness (QED) is 0.674. The average Bonchev–Trinajstić information content (AvgIpc) is 3.10. The van der Waals surface area contributed by atoms with Gasteiger partial charge in [0.25, 0.3) is 0 Å². The maximum absolute atomic E-state index is 10.3. The first-order valence-corrected chi connectivity index (χ1v) is 8.76. The molecule has 0 spiro atoms. The fourth-order valence-electron chi connectivity index (χ4n) is 2.91. The molecule has 140 valence electrons. The van der Waals surface area contributed by atoms with Crippen molar-refractivity contribution in [1.82, 2.24) is 4.90 Å². The molecule has 6 heteroatoms. The van der Waals surface area contributed by atoms with E-state index in [1.54, 1.807) is 0 Å². The van der Waals surface area contributed by atoms with E-state index in [1.165, 1.54) is 0 Å². The maximum Gasteiger partial charge on any atom is 0.231 e. The molecule has 1 aliphatic rings. The van der Waals surface area contributed by atoms with Gasteiger partial charge in [0.15, 0.2) is 11.5 Å². The number of ether oxygens (including phenoxy) is 3. The summed E-state index contributed by atoms with van der Waals surface area (Å²) < 4.78 is 16.3. The first kappa shape index (κ1) is 18.7. The van der Waals surface area contributed by atoms with Crippen LogP contribution in [-0.2, 0) is 17.9 Å². The second-order valence-corrected chi connectivity index (χ2v) is 6.30. The molecule has 0 aromatic heterocycles. The normalized spacial score (nSPS) is 14.0. The molecule has 3 rings (SSSR count). The maximum atomic E-state index is 10.3. The van der Waals surface area contributed by atoms with Gasteiger partial charge < -0.3 is 24.4 Å². The lowest BCUT2D eigenvalue weighted by atomic mass is 10.2. The highest BCUT2D eigenvalue weighted by atomic mass is 16.7. The molecule has 6 nitrogen and oxygen atoms in total. The van der Waals surface area contributed by atoms with Gasteiger partial charge in [0.05, 0.1) is 25.9 Å². The van der Waals surface area contributed by atoms with E-state index in [0.717, 1.165) is 22.6 Å². The van der Waals surface area contributed by atoms with E-state index in [0.29, 0.717) is 26.2 Å². The lowest BCUT2D eigenvalue weighted by Crippen LogP contribution is -2.36. The third-order valence-corrected chi connectivity index (χ3v) is 4.15.